The van der Waals surface area contributed by atoms with Crippen molar-refractivity contribution in [2.75, 3.05) is 36.9 Å². The van der Waals surface area contributed by atoms with Crippen molar-refractivity contribution in [2.24, 2.45) is 0 Å². The topological polar surface area (TPSA) is 75.7 Å². The molecule has 1 saturated heterocycles. The number of benzene rings is 4. The number of carbonyl (C=O) groups is 1. The average Bonchev–Trinajstić information content (AvgIpc) is 3.03. The zero-order chi connectivity index (χ0) is 31.4. The van der Waals surface area contributed by atoms with Gasteiger partial charge in [0.15, 0.2) is 5.75 Å². The molecule has 0 bridgehead atoms. The van der Waals surface area contributed by atoms with Crippen molar-refractivity contribution in [3.63, 3.8) is 0 Å². The third-order valence-electron chi connectivity index (χ3n) is 7.60. The van der Waals surface area contributed by atoms with Crippen molar-refractivity contribution in [3.8, 4) is 22.6 Å². The number of anilines is 2. The van der Waals surface area contributed by atoms with Gasteiger partial charge in [-0.25, -0.2) is 4.79 Å². The summed E-state index contributed by atoms with van der Waals surface area (Å²) in [5, 5.41) is 7.02. The van der Waals surface area contributed by atoms with Crippen molar-refractivity contribution >= 4 is 28.2 Å². The molecule has 4 aromatic carbocycles. The summed E-state index contributed by atoms with van der Waals surface area (Å²) >= 11 is 0. The van der Waals surface area contributed by atoms with Gasteiger partial charge in [0.2, 0.25) is 0 Å². The standard InChI is InChI=1S/C35H31F3N4O3/c1-23-6-11-27(12-7-23)45-33-15-9-25(35(36,37)38)20-32(33)41-34(43)40-31-14-13-28(29-4-2-3-5-30(29)31)24-8-10-26(39-21-24)22-42-16-18-44-19-17-42/h2-15,20-21H,16-19,22H2,1H3,(H2,40,41,43). The van der Waals surface area contributed by atoms with E-state index >= 15 is 0 Å². The number of alkyl halides is 3. The highest BCUT2D eigenvalue weighted by atomic mass is 19.4. The molecule has 0 saturated carbocycles. The molecule has 0 radical (unpaired) electrons. The lowest BCUT2D eigenvalue weighted by molar-refractivity contribution is -0.137. The number of pyridine rings is 1. The Hall–Kier alpha value is -4.93. The van der Waals surface area contributed by atoms with Crippen LogP contribution in [0.25, 0.3) is 21.9 Å². The average molecular weight is 613 g/mol. The molecule has 0 unspecified atom stereocenters. The lowest BCUT2D eigenvalue weighted by Crippen LogP contribution is -2.35. The smallest absolute Gasteiger partial charge is 0.416 e. The van der Waals surface area contributed by atoms with Crippen LogP contribution in [-0.2, 0) is 17.5 Å². The molecule has 1 aliphatic rings. The Balaban J connectivity index is 1.23. The van der Waals surface area contributed by atoms with E-state index in [4.69, 9.17) is 9.47 Å². The summed E-state index contributed by atoms with van der Waals surface area (Å²) in [5.74, 6) is 0.501. The van der Waals surface area contributed by atoms with E-state index in [2.05, 4.69) is 20.5 Å². The zero-order valence-corrected chi connectivity index (χ0v) is 24.5. The van der Waals surface area contributed by atoms with Crippen LogP contribution >= 0.6 is 0 Å². The Morgan fingerprint density at radius 1 is 0.889 bits per heavy atom. The Kier molecular flexibility index (Phi) is 8.68. The number of carbonyl (C=O) groups excluding carboxylic acids is 1. The maximum atomic E-state index is 13.6. The van der Waals surface area contributed by atoms with E-state index in [0.29, 0.717) is 11.4 Å². The van der Waals surface area contributed by atoms with Gasteiger partial charge < -0.3 is 20.1 Å². The number of aryl methyl sites for hydroxylation is 1. The van der Waals surface area contributed by atoms with Gasteiger partial charge in [0.1, 0.15) is 5.75 Å². The normalized spacial score (nSPS) is 13.9. The Bertz CT molecular complexity index is 1800. The molecular weight excluding hydrogens is 581 g/mol. The summed E-state index contributed by atoms with van der Waals surface area (Å²) in [6.07, 6.45) is -2.75. The number of hydrogen-bond acceptors (Lipinski definition) is 5. The monoisotopic (exact) mass is 612 g/mol. The molecule has 0 spiro atoms. The van der Waals surface area contributed by atoms with Crippen molar-refractivity contribution in [1.82, 2.24) is 9.88 Å². The first-order valence-corrected chi connectivity index (χ1v) is 14.5. The minimum Gasteiger partial charge on any atom is -0.455 e. The number of rotatable bonds is 7. The van der Waals surface area contributed by atoms with Crippen LogP contribution in [0.15, 0.2) is 97.2 Å². The fourth-order valence-electron chi connectivity index (χ4n) is 5.23. The van der Waals surface area contributed by atoms with E-state index in [9.17, 15) is 18.0 Å². The summed E-state index contributed by atoms with van der Waals surface area (Å²) in [6.45, 7) is 5.88. The largest absolute Gasteiger partial charge is 0.455 e. The molecule has 2 heterocycles. The fourth-order valence-corrected chi connectivity index (χ4v) is 5.23. The predicted molar refractivity (Wildman–Crippen MR) is 169 cm³/mol. The number of halogens is 3. The predicted octanol–water partition coefficient (Wildman–Crippen LogP) is 8.50. The van der Waals surface area contributed by atoms with Gasteiger partial charge in [-0.1, -0.05) is 54.1 Å². The molecule has 230 valence electrons. The van der Waals surface area contributed by atoms with Gasteiger partial charge in [0, 0.05) is 36.8 Å². The van der Waals surface area contributed by atoms with Crippen LogP contribution in [-0.4, -0.2) is 42.2 Å². The first-order valence-electron chi connectivity index (χ1n) is 14.5. The molecule has 2 amide bonds. The molecule has 7 nitrogen and oxygen atoms in total. The molecular formula is C35H31F3N4O3. The van der Waals surface area contributed by atoms with Crippen LogP contribution in [0.4, 0.5) is 29.3 Å². The van der Waals surface area contributed by atoms with Crippen molar-refractivity contribution < 1.29 is 27.4 Å². The second-order valence-electron chi connectivity index (χ2n) is 10.8. The number of nitrogens with one attached hydrogen (secondary N) is 2. The number of hydrogen-bond donors (Lipinski definition) is 2. The fraction of sp³-hybridized carbons (Fsp3) is 0.200. The second-order valence-corrected chi connectivity index (χ2v) is 10.8. The molecule has 45 heavy (non-hydrogen) atoms. The third kappa shape index (κ3) is 7.25. The molecule has 10 heteroatoms. The summed E-state index contributed by atoms with van der Waals surface area (Å²) < 4.78 is 51.9. The Morgan fingerprint density at radius 3 is 2.33 bits per heavy atom. The summed E-state index contributed by atoms with van der Waals surface area (Å²) in [5.41, 5.74) is 3.31. The zero-order valence-electron chi connectivity index (χ0n) is 24.5. The van der Waals surface area contributed by atoms with Crippen LogP contribution in [0.3, 0.4) is 0 Å². The van der Waals surface area contributed by atoms with E-state index in [1.165, 1.54) is 6.07 Å². The Labute approximate surface area is 258 Å². The molecule has 1 aromatic heterocycles. The van der Waals surface area contributed by atoms with Gasteiger partial charge in [-0.15, -0.1) is 0 Å². The minimum absolute atomic E-state index is 0.0757. The number of urea groups is 1. The van der Waals surface area contributed by atoms with E-state index in [1.807, 2.05) is 67.7 Å². The van der Waals surface area contributed by atoms with Gasteiger partial charge in [-0.3, -0.25) is 9.88 Å². The van der Waals surface area contributed by atoms with E-state index in [1.54, 1.807) is 18.2 Å². The highest BCUT2D eigenvalue weighted by molar-refractivity contribution is 6.10. The summed E-state index contributed by atoms with van der Waals surface area (Å²) in [6, 6.07) is 24.6. The molecule has 5 aromatic rings. The lowest BCUT2D eigenvalue weighted by Gasteiger charge is -2.26. The van der Waals surface area contributed by atoms with Crippen molar-refractivity contribution in [3.05, 3.63) is 114 Å². The number of nitrogens with zero attached hydrogens (tertiary/aromatic N) is 2. The number of aromatic nitrogens is 1. The van der Waals surface area contributed by atoms with Crippen molar-refractivity contribution in [2.45, 2.75) is 19.6 Å². The van der Waals surface area contributed by atoms with Crippen LogP contribution in [0.2, 0.25) is 0 Å². The molecule has 0 atom stereocenters. The first-order chi connectivity index (χ1) is 21.7. The number of amides is 2. The summed E-state index contributed by atoms with van der Waals surface area (Å²) in [7, 11) is 0. The molecule has 6 rings (SSSR count). The Morgan fingerprint density at radius 2 is 1.62 bits per heavy atom. The minimum atomic E-state index is -4.60. The van der Waals surface area contributed by atoms with Crippen molar-refractivity contribution in [1.29, 1.82) is 0 Å². The van der Waals surface area contributed by atoms with Crippen LogP contribution in [0.5, 0.6) is 11.5 Å². The first kappa shape index (κ1) is 30.1. The summed E-state index contributed by atoms with van der Waals surface area (Å²) in [4.78, 5) is 20.2. The van der Waals surface area contributed by atoms with Gasteiger partial charge >= 0.3 is 12.2 Å². The number of morpholine rings is 1. The molecule has 2 N–H and O–H groups in total. The van der Waals surface area contributed by atoms with Gasteiger partial charge in [-0.2, -0.15) is 13.2 Å². The van der Waals surface area contributed by atoms with Crippen LogP contribution in [0, 0.1) is 6.92 Å². The lowest BCUT2D eigenvalue weighted by atomic mass is 9.98. The maximum Gasteiger partial charge on any atom is 0.416 e. The third-order valence-corrected chi connectivity index (χ3v) is 7.60. The highest BCUT2D eigenvalue weighted by Gasteiger charge is 2.31. The quantitative estimate of drug-likeness (QED) is 0.193. The maximum absolute atomic E-state index is 13.6. The highest BCUT2D eigenvalue weighted by Crippen LogP contribution is 2.38. The van der Waals surface area contributed by atoms with E-state index < -0.39 is 17.8 Å². The van der Waals surface area contributed by atoms with Gasteiger partial charge in [0.25, 0.3) is 0 Å². The molecule has 0 aliphatic carbocycles. The second kappa shape index (κ2) is 13.0. The number of ether oxygens (including phenoxy) is 2. The number of fused-ring (bicyclic) bond motifs is 1. The van der Waals surface area contributed by atoms with Crippen LogP contribution < -0.4 is 15.4 Å². The van der Waals surface area contributed by atoms with Gasteiger partial charge in [-0.05, 0) is 60.3 Å². The van der Waals surface area contributed by atoms with E-state index in [-0.39, 0.29) is 11.4 Å². The van der Waals surface area contributed by atoms with E-state index in [0.717, 1.165) is 78.1 Å². The molecule has 1 fully saturated rings. The van der Waals surface area contributed by atoms with Gasteiger partial charge in [0.05, 0.1) is 35.8 Å². The SMILES string of the molecule is Cc1ccc(Oc2ccc(C(F)(F)F)cc2NC(=O)Nc2ccc(-c3ccc(CN4CCOCC4)nc3)c3ccccc23)cc1. The molecule has 1 aliphatic heterocycles. The van der Waals surface area contributed by atoms with Crippen LogP contribution in [0.1, 0.15) is 16.8 Å².